The molecule has 5 heteroatoms. The first-order chi connectivity index (χ1) is 8.77. The number of benzene rings is 1. The first-order valence-electron chi connectivity index (χ1n) is 6.11. The minimum atomic E-state index is -0.431. The Morgan fingerprint density at radius 1 is 1.50 bits per heavy atom. The van der Waals surface area contributed by atoms with Crippen LogP contribution in [0.25, 0.3) is 0 Å². The largest absolute Gasteiger partial charge is 0.366 e. The van der Waals surface area contributed by atoms with Gasteiger partial charge in [0.25, 0.3) is 0 Å². The molecule has 18 heavy (non-hydrogen) atoms. The second kappa shape index (κ2) is 6.47. The Labute approximate surface area is 106 Å². The van der Waals surface area contributed by atoms with Crippen LogP contribution in [0, 0.1) is 5.82 Å². The van der Waals surface area contributed by atoms with Crippen LogP contribution in [0.3, 0.4) is 0 Å². The second-order valence-corrected chi connectivity index (χ2v) is 4.20. The SMILES string of the molecule is O=C(NCCc1ccccc1F)C1CNCCO1. The Morgan fingerprint density at radius 3 is 3.06 bits per heavy atom. The summed E-state index contributed by atoms with van der Waals surface area (Å²) in [4.78, 5) is 11.7. The van der Waals surface area contributed by atoms with Crippen LogP contribution < -0.4 is 10.6 Å². The van der Waals surface area contributed by atoms with Gasteiger partial charge >= 0.3 is 0 Å². The van der Waals surface area contributed by atoms with Crippen molar-refractivity contribution in [3.8, 4) is 0 Å². The van der Waals surface area contributed by atoms with Gasteiger partial charge in [0.2, 0.25) is 5.91 Å². The van der Waals surface area contributed by atoms with Crippen molar-refractivity contribution in [2.45, 2.75) is 12.5 Å². The minimum Gasteiger partial charge on any atom is -0.366 e. The van der Waals surface area contributed by atoms with Crippen LogP contribution in [0.15, 0.2) is 24.3 Å². The number of ether oxygens (including phenoxy) is 1. The number of halogens is 1. The van der Waals surface area contributed by atoms with Gasteiger partial charge < -0.3 is 15.4 Å². The van der Waals surface area contributed by atoms with E-state index in [1.54, 1.807) is 18.2 Å². The zero-order valence-electron chi connectivity index (χ0n) is 10.1. The first-order valence-corrected chi connectivity index (χ1v) is 6.11. The fourth-order valence-corrected chi connectivity index (χ4v) is 1.87. The number of hydrogen-bond acceptors (Lipinski definition) is 3. The fourth-order valence-electron chi connectivity index (χ4n) is 1.87. The van der Waals surface area contributed by atoms with Gasteiger partial charge in [0.15, 0.2) is 0 Å². The number of rotatable bonds is 4. The van der Waals surface area contributed by atoms with Gasteiger partial charge in [0.05, 0.1) is 6.61 Å². The lowest BCUT2D eigenvalue weighted by Crippen LogP contribution is -2.48. The van der Waals surface area contributed by atoms with Crippen molar-refractivity contribution in [3.63, 3.8) is 0 Å². The zero-order valence-corrected chi connectivity index (χ0v) is 10.1. The molecule has 98 valence electrons. The molecule has 0 spiro atoms. The minimum absolute atomic E-state index is 0.140. The summed E-state index contributed by atoms with van der Waals surface area (Å²) in [7, 11) is 0. The highest BCUT2D eigenvalue weighted by Crippen LogP contribution is 2.06. The van der Waals surface area contributed by atoms with Gasteiger partial charge in [-0.15, -0.1) is 0 Å². The lowest BCUT2D eigenvalue weighted by atomic mass is 10.1. The quantitative estimate of drug-likeness (QED) is 0.819. The highest BCUT2D eigenvalue weighted by Gasteiger charge is 2.20. The van der Waals surface area contributed by atoms with Crippen molar-refractivity contribution < 1.29 is 13.9 Å². The molecular formula is C13H17FN2O2. The Hall–Kier alpha value is -1.46. The van der Waals surface area contributed by atoms with Crippen LogP contribution in [0.5, 0.6) is 0 Å². The van der Waals surface area contributed by atoms with Crippen LogP contribution in [0.4, 0.5) is 4.39 Å². The third-order valence-electron chi connectivity index (χ3n) is 2.87. The molecule has 1 amide bonds. The van der Waals surface area contributed by atoms with Gasteiger partial charge in [-0.1, -0.05) is 18.2 Å². The van der Waals surface area contributed by atoms with Crippen molar-refractivity contribution >= 4 is 5.91 Å². The van der Waals surface area contributed by atoms with Crippen LogP contribution in [-0.2, 0) is 16.0 Å². The third-order valence-corrected chi connectivity index (χ3v) is 2.87. The Bertz CT molecular complexity index is 406. The molecule has 1 heterocycles. The molecule has 0 aliphatic carbocycles. The molecule has 0 saturated carbocycles. The van der Waals surface area contributed by atoms with Crippen molar-refractivity contribution in [3.05, 3.63) is 35.6 Å². The van der Waals surface area contributed by atoms with Crippen LogP contribution in [0.1, 0.15) is 5.56 Å². The Morgan fingerprint density at radius 2 is 2.33 bits per heavy atom. The molecular weight excluding hydrogens is 235 g/mol. The molecule has 1 aliphatic rings. The van der Waals surface area contributed by atoms with Gasteiger partial charge in [-0.05, 0) is 18.1 Å². The average Bonchev–Trinajstić information content (AvgIpc) is 2.42. The molecule has 2 N–H and O–H groups in total. The van der Waals surface area contributed by atoms with Crippen LogP contribution >= 0.6 is 0 Å². The van der Waals surface area contributed by atoms with Crippen molar-refractivity contribution in [1.29, 1.82) is 0 Å². The molecule has 1 aromatic carbocycles. The van der Waals surface area contributed by atoms with Gasteiger partial charge in [0, 0.05) is 19.6 Å². The van der Waals surface area contributed by atoms with Gasteiger partial charge in [0.1, 0.15) is 11.9 Å². The molecule has 0 radical (unpaired) electrons. The lowest BCUT2D eigenvalue weighted by Gasteiger charge is -2.22. The standard InChI is InChI=1S/C13H17FN2O2/c14-11-4-2-1-3-10(11)5-6-16-13(17)12-9-15-7-8-18-12/h1-4,12,15H,5-9H2,(H,16,17). The summed E-state index contributed by atoms with van der Waals surface area (Å²) in [6.07, 6.45) is 0.0535. The molecule has 1 unspecified atom stereocenters. The van der Waals surface area contributed by atoms with E-state index in [0.717, 1.165) is 6.54 Å². The number of morpholine rings is 1. The summed E-state index contributed by atoms with van der Waals surface area (Å²) in [6.45, 7) is 2.27. The maximum absolute atomic E-state index is 13.3. The molecule has 1 atom stereocenters. The van der Waals surface area contributed by atoms with E-state index in [2.05, 4.69) is 10.6 Å². The van der Waals surface area contributed by atoms with E-state index < -0.39 is 6.10 Å². The fraction of sp³-hybridized carbons (Fsp3) is 0.462. The monoisotopic (exact) mass is 252 g/mol. The molecule has 2 rings (SSSR count). The number of amides is 1. The molecule has 1 fully saturated rings. The molecule has 0 bridgehead atoms. The molecule has 0 aromatic heterocycles. The van der Waals surface area contributed by atoms with E-state index in [4.69, 9.17) is 4.74 Å². The van der Waals surface area contributed by atoms with Gasteiger partial charge in [-0.2, -0.15) is 0 Å². The number of nitrogens with one attached hydrogen (secondary N) is 2. The number of carbonyl (C=O) groups is 1. The van der Waals surface area contributed by atoms with Gasteiger partial charge in [-0.3, -0.25) is 4.79 Å². The van der Waals surface area contributed by atoms with Crippen molar-refractivity contribution in [1.82, 2.24) is 10.6 Å². The van der Waals surface area contributed by atoms with E-state index in [9.17, 15) is 9.18 Å². The zero-order chi connectivity index (χ0) is 12.8. The second-order valence-electron chi connectivity index (χ2n) is 4.20. The predicted molar refractivity (Wildman–Crippen MR) is 65.7 cm³/mol. The molecule has 1 saturated heterocycles. The van der Waals surface area contributed by atoms with Crippen molar-refractivity contribution in [2.75, 3.05) is 26.2 Å². The summed E-state index contributed by atoms with van der Waals surface area (Å²) in [5.41, 5.74) is 0.612. The maximum Gasteiger partial charge on any atom is 0.250 e. The first kappa shape index (κ1) is 13.0. The third kappa shape index (κ3) is 3.51. The maximum atomic E-state index is 13.3. The molecule has 1 aliphatic heterocycles. The highest BCUT2D eigenvalue weighted by atomic mass is 19.1. The Kier molecular flexibility index (Phi) is 4.66. The summed E-state index contributed by atoms with van der Waals surface area (Å²) >= 11 is 0. The number of carbonyl (C=O) groups excluding carboxylic acids is 1. The lowest BCUT2D eigenvalue weighted by molar-refractivity contribution is -0.134. The van der Waals surface area contributed by atoms with E-state index in [1.807, 2.05) is 0 Å². The topological polar surface area (TPSA) is 50.4 Å². The van der Waals surface area contributed by atoms with Crippen LogP contribution in [0.2, 0.25) is 0 Å². The molecule has 4 nitrogen and oxygen atoms in total. The smallest absolute Gasteiger partial charge is 0.250 e. The summed E-state index contributed by atoms with van der Waals surface area (Å²) in [6, 6.07) is 6.58. The normalized spacial score (nSPS) is 19.5. The average molecular weight is 252 g/mol. The van der Waals surface area contributed by atoms with E-state index in [0.29, 0.717) is 31.7 Å². The number of hydrogen-bond donors (Lipinski definition) is 2. The Balaban J connectivity index is 1.75. The summed E-state index contributed by atoms with van der Waals surface area (Å²) < 4.78 is 18.6. The van der Waals surface area contributed by atoms with Crippen molar-refractivity contribution in [2.24, 2.45) is 0 Å². The van der Waals surface area contributed by atoms with E-state index >= 15 is 0 Å². The highest BCUT2D eigenvalue weighted by molar-refractivity contribution is 5.81. The summed E-state index contributed by atoms with van der Waals surface area (Å²) in [5.74, 6) is -0.374. The van der Waals surface area contributed by atoms with E-state index in [1.165, 1.54) is 6.07 Å². The summed E-state index contributed by atoms with van der Waals surface area (Å²) in [5, 5.41) is 5.84. The van der Waals surface area contributed by atoms with E-state index in [-0.39, 0.29) is 11.7 Å². The predicted octanol–water partition coefficient (Wildman–Crippen LogP) is 0.473. The molecule has 1 aromatic rings. The van der Waals surface area contributed by atoms with Crippen LogP contribution in [-0.4, -0.2) is 38.3 Å². The van der Waals surface area contributed by atoms with Gasteiger partial charge in [-0.25, -0.2) is 4.39 Å².